The Hall–Kier alpha value is -3.04. The monoisotopic (exact) mass is 402 g/mol. The molecule has 3 nitrogen and oxygen atoms in total. The van der Waals surface area contributed by atoms with E-state index in [9.17, 15) is 4.79 Å². The highest BCUT2D eigenvalue weighted by Gasteiger charge is 2.19. The van der Waals surface area contributed by atoms with Gasteiger partial charge in [0.25, 0.3) is 0 Å². The average molecular weight is 403 g/mol. The summed E-state index contributed by atoms with van der Waals surface area (Å²) in [6.07, 6.45) is 4.15. The van der Waals surface area contributed by atoms with Crippen molar-refractivity contribution in [3.05, 3.63) is 82.4 Å². The second-order valence-corrected chi connectivity index (χ2v) is 7.93. The van der Waals surface area contributed by atoms with E-state index in [0.717, 1.165) is 27.9 Å². The van der Waals surface area contributed by atoms with Gasteiger partial charge in [0.15, 0.2) is 0 Å². The molecule has 4 rings (SSSR count). The molecule has 29 heavy (non-hydrogen) atoms. The smallest absolute Gasteiger partial charge is 0.224 e. The third-order valence-corrected chi connectivity index (χ3v) is 5.53. The van der Waals surface area contributed by atoms with E-state index in [1.807, 2.05) is 38.4 Å². The van der Waals surface area contributed by atoms with Gasteiger partial charge >= 0.3 is 0 Å². The van der Waals surface area contributed by atoms with Crippen molar-refractivity contribution >= 4 is 41.0 Å². The van der Waals surface area contributed by atoms with Crippen molar-refractivity contribution in [2.45, 2.75) is 13.5 Å². The Morgan fingerprint density at radius 2 is 1.59 bits per heavy atom. The topological polar surface area (TPSA) is 23.6 Å². The Kier molecular flexibility index (Phi) is 5.16. The van der Waals surface area contributed by atoms with Gasteiger partial charge in [-0.3, -0.25) is 4.79 Å². The first-order valence-electron chi connectivity index (χ1n) is 9.59. The van der Waals surface area contributed by atoms with Crippen molar-refractivity contribution in [2.75, 3.05) is 23.9 Å². The summed E-state index contributed by atoms with van der Waals surface area (Å²) in [5.74, 6) is 0.0122. The Morgan fingerprint density at radius 1 is 0.897 bits per heavy atom. The number of amides is 1. The van der Waals surface area contributed by atoms with Crippen LogP contribution < -0.4 is 9.80 Å². The number of carbonyl (C=O) groups excluding carboxylic acids is 1. The number of anilines is 2. The zero-order valence-corrected chi connectivity index (χ0v) is 17.6. The maximum Gasteiger partial charge on any atom is 0.224 e. The lowest BCUT2D eigenvalue weighted by molar-refractivity contribution is -0.116. The minimum Gasteiger partial charge on any atom is -0.378 e. The van der Waals surface area contributed by atoms with Crippen LogP contribution in [0, 0.1) is 0 Å². The molecule has 0 N–H and O–H groups in total. The summed E-state index contributed by atoms with van der Waals surface area (Å²) < 4.78 is 0. The van der Waals surface area contributed by atoms with E-state index in [1.165, 1.54) is 11.3 Å². The third kappa shape index (κ3) is 3.92. The van der Waals surface area contributed by atoms with Crippen molar-refractivity contribution in [2.24, 2.45) is 0 Å². The zero-order chi connectivity index (χ0) is 20.5. The van der Waals surface area contributed by atoms with Gasteiger partial charge in [0.1, 0.15) is 0 Å². The van der Waals surface area contributed by atoms with E-state index in [2.05, 4.69) is 53.4 Å². The molecule has 0 radical (unpaired) electrons. The standard InChI is InChI=1S/C25H23ClN2O/c1-17(29)28-16-22-7-5-19(18-8-11-24(12-9-18)27(2)3)14-20(22)4-6-21-15-23(26)10-13-25(21)28/h4-15H,16H2,1-3H3. The molecule has 1 aliphatic heterocycles. The number of benzene rings is 3. The maximum absolute atomic E-state index is 12.4. The third-order valence-electron chi connectivity index (χ3n) is 5.29. The Balaban J connectivity index is 1.77. The molecule has 1 aliphatic rings. The molecule has 3 aromatic rings. The van der Waals surface area contributed by atoms with Gasteiger partial charge in [0.2, 0.25) is 5.91 Å². The van der Waals surface area contributed by atoms with Crippen molar-refractivity contribution in [1.29, 1.82) is 0 Å². The molecule has 0 unspecified atom stereocenters. The molecule has 0 saturated carbocycles. The van der Waals surface area contributed by atoms with Crippen LogP contribution in [-0.4, -0.2) is 20.0 Å². The second kappa shape index (κ2) is 7.76. The highest BCUT2D eigenvalue weighted by atomic mass is 35.5. The Morgan fingerprint density at radius 3 is 2.28 bits per heavy atom. The largest absolute Gasteiger partial charge is 0.378 e. The van der Waals surface area contributed by atoms with Crippen molar-refractivity contribution in [1.82, 2.24) is 0 Å². The highest BCUT2D eigenvalue weighted by Crippen LogP contribution is 2.33. The summed E-state index contributed by atoms with van der Waals surface area (Å²) in [6, 6.07) is 20.6. The van der Waals surface area contributed by atoms with Gasteiger partial charge in [-0.25, -0.2) is 0 Å². The van der Waals surface area contributed by atoms with Gasteiger partial charge in [0, 0.05) is 31.7 Å². The second-order valence-electron chi connectivity index (χ2n) is 7.50. The molecule has 4 heteroatoms. The Labute approximate surface area is 176 Å². The lowest BCUT2D eigenvalue weighted by atomic mass is 9.96. The van der Waals surface area contributed by atoms with E-state index in [4.69, 9.17) is 11.6 Å². The molecule has 0 aliphatic carbocycles. The van der Waals surface area contributed by atoms with Crippen LogP contribution in [0.5, 0.6) is 0 Å². The lowest BCUT2D eigenvalue weighted by Crippen LogP contribution is -2.29. The SMILES string of the molecule is CC(=O)N1Cc2ccc(-c3ccc(N(C)C)cc3)cc2C=Cc2cc(Cl)ccc21. The Bertz CT molecular complexity index is 1100. The minimum absolute atomic E-state index is 0.0122. The summed E-state index contributed by atoms with van der Waals surface area (Å²) >= 11 is 6.20. The van der Waals surface area contributed by atoms with Crippen LogP contribution in [-0.2, 0) is 11.3 Å². The van der Waals surface area contributed by atoms with Crippen LogP contribution in [0.4, 0.5) is 11.4 Å². The summed E-state index contributed by atoms with van der Waals surface area (Å²) in [6.45, 7) is 2.13. The fourth-order valence-electron chi connectivity index (χ4n) is 3.65. The number of hydrogen-bond donors (Lipinski definition) is 0. The predicted molar refractivity (Wildman–Crippen MR) is 123 cm³/mol. The summed E-state index contributed by atoms with van der Waals surface area (Å²) in [7, 11) is 4.08. The molecular formula is C25H23ClN2O. The molecule has 0 atom stereocenters. The summed E-state index contributed by atoms with van der Waals surface area (Å²) in [4.78, 5) is 16.3. The van der Waals surface area contributed by atoms with Gasteiger partial charge < -0.3 is 9.80 Å². The number of halogens is 1. The number of carbonyl (C=O) groups is 1. The highest BCUT2D eigenvalue weighted by molar-refractivity contribution is 6.30. The molecule has 1 amide bonds. The number of hydrogen-bond acceptors (Lipinski definition) is 2. The molecular weight excluding hydrogens is 380 g/mol. The quantitative estimate of drug-likeness (QED) is 0.516. The first kappa shape index (κ1) is 19.3. The fraction of sp³-hybridized carbons (Fsp3) is 0.160. The number of nitrogens with zero attached hydrogens (tertiary/aromatic N) is 2. The van der Waals surface area contributed by atoms with E-state index in [0.29, 0.717) is 11.6 Å². The van der Waals surface area contributed by atoms with Crippen LogP contribution >= 0.6 is 11.6 Å². The van der Waals surface area contributed by atoms with Crippen LogP contribution in [0.25, 0.3) is 23.3 Å². The minimum atomic E-state index is 0.0122. The number of rotatable bonds is 2. The average Bonchev–Trinajstić information content (AvgIpc) is 2.69. The van der Waals surface area contributed by atoms with Gasteiger partial charge in [-0.2, -0.15) is 0 Å². The van der Waals surface area contributed by atoms with Crippen LogP contribution in [0.15, 0.2) is 60.7 Å². The fourth-order valence-corrected chi connectivity index (χ4v) is 3.83. The molecule has 1 heterocycles. The van der Waals surface area contributed by atoms with Gasteiger partial charge in [-0.15, -0.1) is 0 Å². The van der Waals surface area contributed by atoms with Crippen LogP contribution in [0.3, 0.4) is 0 Å². The zero-order valence-electron chi connectivity index (χ0n) is 16.8. The lowest BCUT2D eigenvalue weighted by Gasteiger charge is -2.26. The molecule has 0 bridgehead atoms. The first-order chi connectivity index (χ1) is 13.9. The maximum atomic E-state index is 12.4. The van der Waals surface area contributed by atoms with E-state index in [-0.39, 0.29) is 5.91 Å². The molecule has 146 valence electrons. The van der Waals surface area contributed by atoms with Crippen molar-refractivity contribution < 1.29 is 4.79 Å². The molecule has 0 aromatic heterocycles. The van der Waals surface area contributed by atoms with Crippen molar-refractivity contribution in [3.63, 3.8) is 0 Å². The van der Waals surface area contributed by atoms with Gasteiger partial charge in [-0.05, 0) is 64.2 Å². The predicted octanol–water partition coefficient (Wildman–Crippen LogP) is 6.11. The van der Waals surface area contributed by atoms with Crippen molar-refractivity contribution in [3.8, 4) is 11.1 Å². The van der Waals surface area contributed by atoms with Gasteiger partial charge in [0.05, 0.1) is 12.2 Å². The van der Waals surface area contributed by atoms with Gasteiger partial charge in [-0.1, -0.05) is 48.0 Å². The summed E-state index contributed by atoms with van der Waals surface area (Å²) in [5, 5.41) is 0.660. The van der Waals surface area contributed by atoms with E-state index >= 15 is 0 Å². The number of fused-ring (bicyclic) bond motifs is 2. The molecule has 0 spiro atoms. The van der Waals surface area contributed by atoms with E-state index in [1.54, 1.807) is 11.8 Å². The molecule has 0 saturated heterocycles. The molecule has 3 aromatic carbocycles. The first-order valence-corrected chi connectivity index (χ1v) is 9.96. The molecule has 0 fully saturated rings. The summed E-state index contributed by atoms with van der Waals surface area (Å²) in [5.41, 5.74) is 7.54. The van der Waals surface area contributed by atoms with Crippen LogP contribution in [0.1, 0.15) is 23.6 Å². The van der Waals surface area contributed by atoms with Crippen LogP contribution in [0.2, 0.25) is 5.02 Å². The van der Waals surface area contributed by atoms with E-state index < -0.39 is 0 Å². The normalized spacial score (nSPS) is 12.6.